The van der Waals surface area contributed by atoms with Gasteiger partial charge in [-0.1, -0.05) is 38.0 Å². The molecule has 1 heterocycles. The first-order valence-corrected chi connectivity index (χ1v) is 6.66. The number of fused-ring (bicyclic) bond motifs is 1. The number of nitrogens with one attached hydrogen (secondary N) is 1. The highest BCUT2D eigenvalue weighted by Crippen LogP contribution is 2.26. The van der Waals surface area contributed by atoms with Gasteiger partial charge in [-0.15, -0.1) is 0 Å². The van der Waals surface area contributed by atoms with Crippen LogP contribution in [0.2, 0.25) is 6.32 Å². The van der Waals surface area contributed by atoms with Crippen LogP contribution in [0.1, 0.15) is 35.3 Å². The minimum Gasteiger partial charge on any atom is -0.396 e. The van der Waals surface area contributed by atoms with E-state index in [1.54, 1.807) is 13.1 Å². The van der Waals surface area contributed by atoms with Crippen molar-refractivity contribution in [2.75, 3.05) is 0 Å². The number of rotatable bonds is 4. The van der Waals surface area contributed by atoms with Crippen LogP contribution in [0, 0.1) is 0 Å². The van der Waals surface area contributed by atoms with Crippen molar-refractivity contribution < 1.29 is 4.79 Å². The normalized spacial score (nSPS) is 18.1. The molecule has 0 aromatic heterocycles. The Kier molecular flexibility index (Phi) is 3.90. The standard InChI is InChI=1S/C15H20BNO/c1-4-16-10-14-12(9-15(16)17-5-2)7-6-8-13(14)11(3)18/h5-8,15,17H,2,4,9-10H2,1,3H3. The van der Waals surface area contributed by atoms with Crippen LogP contribution in [0.25, 0.3) is 0 Å². The predicted octanol–water partition coefficient (Wildman–Crippen LogP) is 2.68. The van der Waals surface area contributed by atoms with Crippen molar-refractivity contribution in [1.82, 2.24) is 5.32 Å². The summed E-state index contributed by atoms with van der Waals surface area (Å²) in [6.07, 6.45) is 4.89. The molecule has 1 aromatic rings. The van der Waals surface area contributed by atoms with Gasteiger partial charge in [0.15, 0.2) is 12.5 Å². The summed E-state index contributed by atoms with van der Waals surface area (Å²) in [5.41, 5.74) is 3.48. The van der Waals surface area contributed by atoms with E-state index in [0.29, 0.717) is 12.7 Å². The fraction of sp³-hybridized carbons (Fsp3) is 0.400. The van der Waals surface area contributed by atoms with Crippen molar-refractivity contribution >= 4 is 12.5 Å². The average molecular weight is 241 g/mol. The van der Waals surface area contributed by atoms with Gasteiger partial charge in [0.25, 0.3) is 0 Å². The molecule has 0 amide bonds. The van der Waals surface area contributed by atoms with E-state index in [2.05, 4.69) is 24.9 Å². The summed E-state index contributed by atoms with van der Waals surface area (Å²) in [5, 5.41) is 3.35. The Bertz CT molecular complexity index is 470. The fourth-order valence-electron chi connectivity index (χ4n) is 2.98. The lowest BCUT2D eigenvalue weighted by Crippen LogP contribution is -2.47. The molecule has 2 rings (SSSR count). The van der Waals surface area contributed by atoms with Gasteiger partial charge in [0.2, 0.25) is 0 Å². The Morgan fingerprint density at radius 3 is 3.00 bits per heavy atom. The van der Waals surface area contributed by atoms with Crippen molar-refractivity contribution in [3.05, 3.63) is 47.7 Å². The van der Waals surface area contributed by atoms with E-state index in [9.17, 15) is 4.79 Å². The van der Waals surface area contributed by atoms with Crippen LogP contribution < -0.4 is 5.32 Å². The highest BCUT2D eigenvalue weighted by atomic mass is 16.1. The van der Waals surface area contributed by atoms with E-state index < -0.39 is 0 Å². The van der Waals surface area contributed by atoms with Crippen LogP contribution >= 0.6 is 0 Å². The molecular formula is C15H20BNO. The summed E-state index contributed by atoms with van der Waals surface area (Å²) in [7, 11) is 0. The first kappa shape index (κ1) is 12.9. The highest BCUT2D eigenvalue weighted by molar-refractivity contribution is 6.60. The summed E-state index contributed by atoms with van der Waals surface area (Å²) < 4.78 is 0. The Balaban J connectivity index is 2.38. The number of carbonyl (C=O) groups excluding carboxylic acids is 1. The molecule has 1 N–H and O–H groups in total. The van der Waals surface area contributed by atoms with Crippen LogP contribution in [-0.4, -0.2) is 18.4 Å². The van der Waals surface area contributed by atoms with Gasteiger partial charge < -0.3 is 5.32 Å². The van der Waals surface area contributed by atoms with E-state index in [1.165, 1.54) is 11.1 Å². The number of hydrogen-bond acceptors (Lipinski definition) is 2. The first-order valence-electron chi connectivity index (χ1n) is 6.66. The molecule has 3 heteroatoms. The molecule has 1 aromatic carbocycles. The van der Waals surface area contributed by atoms with Crippen molar-refractivity contribution in [3.8, 4) is 0 Å². The summed E-state index contributed by atoms with van der Waals surface area (Å²) >= 11 is 0. The van der Waals surface area contributed by atoms with Crippen LogP contribution in [0.3, 0.4) is 0 Å². The molecule has 0 spiro atoms. The van der Waals surface area contributed by atoms with Gasteiger partial charge in [0.1, 0.15) is 0 Å². The van der Waals surface area contributed by atoms with Crippen molar-refractivity contribution in [3.63, 3.8) is 0 Å². The minimum absolute atomic E-state index is 0.178. The predicted molar refractivity (Wildman–Crippen MR) is 77.2 cm³/mol. The molecule has 0 saturated heterocycles. The summed E-state index contributed by atoms with van der Waals surface area (Å²) in [5.74, 6) is 0.624. The second kappa shape index (κ2) is 5.43. The third kappa shape index (κ3) is 2.35. The molecule has 0 bridgehead atoms. The van der Waals surface area contributed by atoms with Gasteiger partial charge in [-0.25, -0.2) is 0 Å². The zero-order chi connectivity index (χ0) is 13.1. The van der Waals surface area contributed by atoms with Gasteiger partial charge in [0.05, 0.1) is 0 Å². The fourth-order valence-corrected chi connectivity index (χ4v) is 2.98. The summed E-state index contributed by atoms with van der Waals surface area (Å²) in [6, 6.07) is 6.09. The zero-order valence-electron chi connectivity index (χ0n) is 11.2. The molecule has 0 aliphatic carbocycles. The van der Waals surface area contributed by atoms with E-state index in [0.717, 1.165) is 24.6 Å². The second-order valence-electron chi connectivity index (χ2n) is 5.05. The van der Waals surface area contributed by atoms with Gasteiger partial charge in [-0.2, -0.15) is 0 Å². The molecule has 0 fully saturated rings. The van der Waals surface area contributed by atoms with Crippen molar-refractivity contribution in [1.29, 1.82) is 0 Å². The highest BCUT2D eigenvalue weighted by Gasteiger charge is 2.31. The maximum absolute atomic E-state index is 11.7. The Hall–Kier alpha value is -1.51. The maximum Gasteiger partial charge on any atom is 0.171 e. The van der Waals surface area contributed by atoms with Crippen molar-refractivity contribution in [2.24, 2.45) is 0 Å². The lowest BCUT2D eigenvalue weighted by atomic mass is 9.36. The molecular weight excluding hydrogens is 221 g/mol. The van der Waals surface area contributed by atoms with E-state index in [-0.39, 0.29) is 5.78 Å². The number of Topliss-reactive ketones (excluding diaryl/α,β-unsaturated/α-hetero) is 1. The molecule has 1 unspecified atom stereocenters. The third-order valence-electron chi connectivity index (χ3n) is 3.98. The average Bonchev–Trinajstić information content (AvgIpc) is 2.37. The third-order valence-corrected chi connectivity index (χ3v) is 3.98. The molecule has 2 nitrogen and oxygen atoms in total. The van der Waals surface area contributed by atoms with E-state index in [1.807, 2.05) is 12.1 Å². The topological polar surface area (TPSA) is 29.1 Å². The second-order valence-corrected chi connectivity index (χ2v) is 5.05. The number of ketones is 1. The van der Waals surface area contributed by atoms with E-state index >= 15 is 0 Å². The van der Waals surface area contributed by atoms with Gasteiger partial charge in [-0.3, -0.25) is 4.79 Å². The number of hydrogen-bond donors (Lipinski definition) is 1. The summed E-state index contributed by atoms with van der Waals surface area (Å²) in [6.45, 7) is 8.21. The number of carbonyl (C=O) groups is 1. The van der Waals surface area contributed by atoms with Gasteiger partial charge in [-0.05, 0) is 37.0 Å². The molecule has 0 saturated carbocycles. The molecule has 18 heavy (non-hydrogen) atoms. The van der Waals surface area contributed by atoms with Gasteiger partial charge >= 0.3 is 0 Å². The van der Waals surface area contributed by atoms with Crippen LogP contribution in [-0.2, 0) is 12.7 Å². The Labute approximate surface area is 110 Å². The largest absolute Gasteiger partial charge is 0.396 e. The molecule has 0 radical (unpaired) electrons. The van der Waals surface area contributed by atoms with Crippen LogP contribution in [0.4, 0.5) is 0 Å². The molecule has 1 aliphatic rings. The Morgan fingerprint density at radius 1 is 1.61 bits per heavy atom. The van der Waals surface area contributed by atoms with E-state index in [4.69, 9.17) is 0 Å². The SMILES string of the molecule is C=CNC1Cc2cccc(C(C)=O)c2CB1CC. The summed E-state index contributed by atoms with van der Waals surface area (Å²) in [4.78, 5) is 11.7. The quantitative estimate of drug-likeness (QED) is 0.648. The molecule has 1 atom stereocenters. The first-order chi connectivity index (χ1) is 8.67. The molecule has 1 aliphatic heterocycles. The smallest absolute Gasteiger partial charge is 0.171 e. The number of benzene rings is 1. The minimum atomic E-state index is 0.178. The lowest BCUT2D eigenvalue weighted by molar-refractivity contribution is 0.101. The van der Waals surface area contributed by atoms with Crippen LogP contribution in [0.15, 0.2) is 31.0 Å². The van der Waals surface area contributed by atoms with Crippen LogP contribution in [0.5, 0.6) is 0 Å². The zero-order valence-corrected chi connectivity index (χ0v) is 11.2. The van der Waals surface area contributed by atoms with Gasteiger partial charge in [0, 0.05) is 11.5 Å². The lowest BCUT2D eigenvalue weighted by Gasteiger charge is -2.31. The molecule has 94 valence electrons. The maximum atomic E-state index is 11.7. The van der Waals surface area contributed by atoms with Crippen molar-refractivity contribution in [2.45, 2.75) is 38.8 Å². The Morgan fingerprint density at radius 2 is 2.39 bits per heavy atom. The monoisotopic (exact) mass is 241 g/mol.